The molecule has 0 saturated carbocycles. The van der Waals surface area contributed by atoms with E-state index in [1.807, 2.05) is 24.3 Å². The molecule has 0 radical (unpaired) electrons. The SMILES string of the molecule is C=CCN1C(=O)/C(=C/c2ccc(-c3c(Cl)cccc3Cl)o2)S/C1=N/c1nc2ccccc2s1. The van der Waals surface area contributed by atoms with Gasteiger partial charge in [0.15, 0.2) is 5.17 Å². The molecule has 0 spiro atoms. The Morgan fingerprint density at radius 3 is 2.64 bits per heavy atom. The van der Waals surface area contributed by atoms with Crippen molar-refractivity contribution < 1.29 is 9.21 Å². The summed E-state index contributed by atoms with van der Waals surface area (Å²) in [6.45, 7) is 4.10. The maximum Gasteiger partial charge on any atom is 0.267 e. The highest BCUT2D eigenvalue weighted by Crippen LogP contribution is 2.38. The Kier molecular flexibility index (Phi) is 6.12. The standard InChI is InChI=1S/C24H15Cl2N3O2S2/c1-2-12-29-22(30)20(33-24(29)28-23-27-17-8-3-4-9-19(17)32-23)13-14-10-11-18(31-14)21-15(25)6-5-7-16(21)26/h2-11,13H,1,12H2/b20-13-,28-24+. The molecular weight excluding hydrogens is 497 g/mol. The Morgan fingerprint density at radius 2 is 1.88 bits per heavy atom. The van der Waals surface area contributed by atoms with E-state index in [0.29, 0.717) is 48.9 Å². The van der Waals surface area contributed by atoms with Crippen molar-refractivity contribution in [1.29, 1.82) is 0 Å². The first-order valence-corrected chi connectivity index (χ1v) is 12.2. The normalized spacial score (nSPS) is 16.4. The van der Waals surface area contributed by atoms with Crippen LogP contribution in [0.5, 0.6) is 0 Å². The van der Waals surface area contributed by atoms with Crippen LogP contribution in [0.3, 0.4) is 0 Å². The fourth-order valence-corrected chi connectivity index (χ4v) is 5.75. The van der Waals surface area contributed by atoms with Gasteiger partial charge in [-0.3, -0.25) is 9.69 Å². The van der Waals surface area contributed by atoms with Gasteiger partial charge in [0.2, 0.25) is 5.13 Å². The van der Waals surface area contributed by atoms with Gasteiger partial charge in [0, 0.05) is 12.6 Å². The highest BCUT2D eigenvalue weighted by molar-refractivity contribution is 8.18. The number of furan rings is 1. The predicted octanol–water partition coefficient (Wildman–Crippen LogP) is 7.65. The number of aromatic nitrogens is 1. The number of carbonyl (C=O) groups excluding carboxylic acids is 1. The zero-order valence-electron chi connectivity index (χ0n) is 17.0. The number of para-hydroxylation sites is 1. The van der Waals surface area contributed by atoms with Gasteiger partial charge in [0.1, 0.15) is 11.5 Å². The molecule has 4 aromatic rings. The fraction of sp³-hybridized carbons (Fsp3) is 0.0417. The van der Waals surface area contributed by atoms with Gasteiger partial charge >= 0.3 is 0 Å². The molecule has 2 aromatic heterocycles. The van der Waals surface area contributed by atoms with Crippen LogP contribution in [0.15, 0.2) is 81.6 Å². The zero-order valence-corrected chi connectivity index (χ0v) is 20.1. The van der Waals surface area contributed by atoms with Gasteiger partial charge in [-0.05, 0) is 48.2 Å². The lowest BCUT2D eigenvalue weighted by Crippen LogP contribution is -2.29. The van der Waals surface area contributed by atoms with Gasteiger partial charge in [-0.1, -0.05) is 58.8 Å². The zero-order chi connectivity index (χ0) is 22.9. The van der Waals surface area contributed by atoms with Crippen LogP contribution >= 0.6 is 46.3 Å². The number of rotatable bonds is 5. The van der Waals surface area contributed by atoms with Crippen LogP contribution in [0.2, 0.25) is 10.0 Å². The minimum absolute atomic E-state index is 0.173. The molecule has 5 nitrogen and oxygen atoms in total. The van der Waals surface area contributed by atoms with Gasteiger partial charge in [-0.2, -0.15) is 4.99 Å². The van der Waals surface area contributed by atoms with Crippen molar-refractivity contribution in [2.75, 3.05) is 6.54 Å². The number of amides is 1. The van der Waals surface area contributed by atoms with Crippen LogP contribution in [0.25, 0.3) is 27.6 Å². The van der Waals surface area contributed by atoms with Crippen LogP contribution in [0.4, 0.5) is 5.13 Å². The van der Waals surface area contributed by atoms with Crippen LogP contribution in [-0.2, 0) is 4.79 Å². The van der Waals surface area contributed by atoms with Crippen LogP contribution in [-0.4, -0.2) is 27.5 Å². The summed E-state index contributed by atoms with van der Waals surface area (Å²) >= 11 is 15.3. The van der Waals surface area contributed by atoms with E-state index < -0.39 is 0 Å². The number of carbonyl (C=O) groups is 1. The largest absolute Gasteiger partial charge is 0.457 e. The van der Waals surface area contributed by atoms with Gasteiger partial charge < -0.3 is 4.42 Å². The second kappa shape index (κ2) is 9.19. The smallest absolute Gasteiger partial charge is 0.267 e. The number of aliphatic imine (C=N–C) groups is 1. The summed E-state index contributed by atoms with van der Waals surface area (Å²) < 4.78 is 6.97. The lowest BCUT2D eigenvalue weighted by Gasteiger charge is -2.11. The average Bonchev–Trinajstić information content (AvgIpc) is 3.48. The number of nitrogens with zero attached hydrogens (tertiary/aromatic N) is 3. The molecule has 33 heavy (non-hydrogen) atoms. The number of hydrogen-bond donors (Lipinski definition) is 0. The molecule has 1 aliphatic rings. The summed E-state index contributed by atoms with van der Waals surface area (Å²) in [6.07, 6.45) is 3.36. The van der Waals surface area contributed by atoms with Crippen molar-refractivity contribution in [3.63, 3.8) is 0 Å². The number of fused-ring (bicyclic) bond motifs is 1. The Labute approximate surface area is 208 Å². The number of amidine groups is 1. The lowest BCUT2D eigenvalue weighted by molar-refractivity contribution is -0.121. The van der Waals surface area contributed by atoms with Gasteiger partial charge in [-0.25, -0.2) is 4.98 Å². The molecule has 0 unspecified atom stereocenters. The summed E-state index contributed by atoms with van der Waals surface area (Å²) in [5, 5.41) is 2.12. The number of hydrogen-bond acceptors (Lipinski definition) is 6. The molecule has 1 fully saturated rings. The molecule has 2 aromatic carbocycles. The van der Waals surface area contributed by atoms with Crippen molar-refractivity contribution in [2.45, 2.75) is 0 Å². The third kappa shape index (κ3) is 4.37. The molecule has 5 rings (SSSR count). The molecule has 3 heterocycles. The molecular formula is C24H15Cl2N3O2S2. The first-order chi connectivity index (χ1) is 16.0. The third-order valence-electron chi connectivity index (χ3n) is 4.78. The van der Waals surface area contributed by atoms with Crippen molar-refractivity contribution in [3.05, 3.63) is 88.0 Å². The van der Waals surface area contributed by atoms with Gasteiger partial charge in [0.05, 0.1) is 30.7 Å². The van der Waals surface area contributed by atoms with Crippen LogP contribution in [0.1, 0.15) is 5.76 Å². The topological polar surface area (TPSA) is 58.7 Å². The second-order valence-corrected chi connectivity index (χ2v) is 9.80. The van der Waals surface area contributed by atoms with E-state index in [0.717, 1.165) is 10.2 Å². The summed E-state index contributed by atoms with van der Waals surface area (Å²) in [5.41, 5.74) is 1.49. The molecule has 9 heteroatoms. The summed E-state index contributed by atoms with van der Waals surface area (Å²) in [7, 11) is 0. The molecule has 1 amide bonds. The molecule has 1 saturated heterocycles. The van der Waals surface area contributed by atoms with Crippen molar-refractivity contribution in [3.8, 4) is 11.3 Å². The van der Waals surface area contributed by atoms with E-state index in [9.17, 15) is 4.79 Å². The first kappa shape index (κ1) is 22.0. The lowest BCUT2D eigenvalue weighted by atomic mass is 10.2. The van der Waals surface area contributed by atoms with Crippen LogP contribution < -0.4 is 0 Å². The Morgan fingerprint density at radius 1 is 1.09 bits per heavy atom. The highest BCUT2D eigenvalue weighted by Gasteiger charge is 2.33. The van der Waals surface area contributed by atoms with E-state index in [1.165, 1.54) is 23.1 Å². The molecule has 164 valence electrons. The van der Waals surface area contributed by atoms with Gasteiger partial charge in [-0.15, -0.1) is 6.58 Å². The minimum Gasteiger partial charge on any atom is -0.457 e. The monoisotopic (exact) mass is 511 g/mol. The van der Waals surface area contributed by atoms with E-state index in [1.54, 1.807) is 47.4 Å². The molecule has 0 bridgehead atoms. The molecule has 0 N–H and O–H groups in total. The fourth-order valence-electron chi connectivity index (χ4n) is 3.30. The maximum absolute atomic E-state index is 13.1. The number of benzene rings is 2. The molecule has 0 atom stereocenters. The Hall–Kier alpha value is -2.84. The minimum atomic E-state index is -0.173. The summed E-state index contributed by atoms with van der Waals surface area (Å²) in [5.74, 6) is 0.865. The Bertz CT molecular complexity index is 1400. The highest BCUT2D eigenvalue weighted by atomic mass is 35.5. The summed E-state index contributed by atoms with van der Waals surface area (Å²) in [4.78, 5) is 24.3. The number of thiazole rings is 1. The quantitative estimate of drug-likeness (QED) is 0.204. The van der Waals surface area contributed by atoms with Crippen molar-refractivity contribution in [2.24, 2.45) is 4.99 Å². The van der Waals surface area contributed by atoms with E-state index in [2.05, 4.69) is 16.6 Å². The molecule has 0 aliphatic carbocycles. The number of thioether (sulfide) groups is 1. The van der Waals surface area contributed by atoms with Crippen LogP contribution in [0, 0.1) is 0 Å². The van der Waals surface area contributed by atoms with Crippen molar-refractivity contribution in [1.82, 2.24) is 9.88 Å². The average molecular weight is 512 g/mol. The first-order valence-electron chi connectivity index (χ1n) is 9.84. The van der Waals surface area contributed by atoms with Crippen molar-refractivity contribution >= 4 is 78.8 Å². The third-order valence-corrected chi connectivity index (χ3v) is 7.35. The maximum atomic E-state index is 13.1. The Balaban J connectivity index is 1.47. The van der Waals surface area contributed by atoms with Gasteiger partial charge in [0.25, 0.3) is 5.91 Å². The number of halogens is 2. The molecule has 1 aliphatic heterocycles. The predicted molar refractivity (Wildman–Crippen MR) is 138 cm³/mol. The second-order valence-electron chi connectivity index (χ2n) is 6.97. The van der Waals surface area contributed by atoms with E-state index in [4.69, 9.17) is 27.6 Å². The van der Waals surface area contributed by atoms with E-state index in [-0.39, 0.29) is 5.91 Å². The summed E-state index contributed by atoms with van der Waals surface area (Å²) in [6, 6.07) is 16.7. The van der Waals surface area contributed by atoms with E-state index >= 15 is 0 Å².